The highest BCUT2D eigenvalue weighted by Gasteiger charge is 2.20. The predicted molar refractivity (Wildman–Crippen MR) is 152 cm³/mol. The first-order valence-electron chi connectivity index (χ1n) is 12.8. The largest absolute Gasteiger partial charge is 0.493 e. The normalized spacial score (nSPS) is 13.9. The highest BCUT2D eigenvalue weighted by atomic mass is 16.5. The van der Waals surface area contributed by atoms with Crippen LogP contribution in [0.3, 0.4) is 0 Å². The number of nitrogen functional groups attached to an aromatic ring is 1. The van der Waals surface area contributed by atoms with Gasteiger partial charge in [-0.1, -0.05) is 24.3 Å². The van der Waals surface area contributed by atoms with Crippen LogP contribution >= 0.6 is 0 Å². The Morgan fingerprint density at radius 3 is 2.38 bits per heavy atom. The van der Waals surface area contributed by atoms with Crippen LogP contribution in [0.1, 0.15) is 11.1 Å². The fourth-order valence-electron chi connectivity index (χ4n) is 5.16. The van der Waals surface area contributed by atoms with E-state index in [1.165, 1.54) is 11.1 Å². The molecule has 1 atom stereocenters. The van der Waals surface area contributed by atoms with Crippen LogP contribution in [0.4, 0.5) is 5.82 Å². The summed E-state index contributed by atoms with van der Waals surface area (Å²) in [6, 6.07) is 16.0. The van der Waals surface area contributed by atoms with E-state index in [1.807, 2.05) is 24.3 Å². The van der Waals surface area contributed by atoms with Crippen molar-refractivity contribution < 1.29 is 14.2 Å². The third-order valence-corrected chi connectivity index (χ3v) is 7.08. The van der Waals surface area contributed by atoms with Crippen molar-refractivity contribution in [2.45, 2.75) is 19.1 Å². The first-order chi connectivity index (χ1) is 19.0. The van der Waals surface area contributed by atoms with Gasteiger partial charge in [-0.05, 0) is 34.7 Å². The Morgan fingerprint density at radius 1 is 0.897 bits per heavy atom. The van der Waals surface area contributed by atoms with Crippen molar-refractivity contribution in [1.82, 2.24) is 19.9 Å². The minimum Gasteiger partial charge on any atom is -0.493 e. The number of anilines is 1. The summed E-state index contributed by atoms with van der Waals surface area (Å²) in [6.07, 6.45) is 5.16. The number of methoxy groups -OCH3 is 2. The zero-order chi connectivity index (χ0) is 26.9. The Hall–Kier alpha value is -4.47. The second-order valence-electron chi connectivity index (χ2n) is 9.76. The van der Waals surface area contributed by atoms with Crippen LogP contribution in [-0.2, 0) is 13.1 Å². The summed E-state index contributed by atoms with van der Waals surface area (Å²) in [4.78, 5) is 15.9. The second kappa shape index (κ2) is 10.4. The van der Waals surface area contributed by atoms with Gasteiger partial charge in [-0.25, -0.2) is 4.98 Å². The maximum atomic E-state index is 6.42. The molecule has 0 bridgehead atoms. The average Bonchev–Trinajstić information content (AvgIpc) is 3.37. The summed E-state index contributed by atoms with van der Waals surface area (Å²) < 4.78 is 17.0. The monoisotopic (exact) mass is 522 g/mol. The predicted octanol–water partition coefficient (Wildman–Crippen LogP) is 4.17. The van der Waals surface area contributed by atoms with Gasteiger partial charge in [0.15, 0.2) is 11.5 Å². The van der Waals surface area contributed by atoms with Crippen molar-refractivity contribution in [2.24, 2.45) is 5.73 Å². The number of hydrogen-bond donors (Lipinski definition) is 2. The molecule has 1 aliphatic heterocycles. The maximum Gasteiger partial charge on any atom is 0.162 e. The number of pyridine rings is 3. The standard InChI is InChI=1S/C30H30N6O3/c1-37-28-9-24-23-8-26(35-30(32)25(23)13-34-27(24)10-29(28)38-2)20-7-22(12-33-11-20)39-17-21(31)16-36-14-18-5-3-4-6-19(18)15-36/h3-13,21H,14-17,31H2,1-2H3,(H2,32,35)/t21-/m1/s1. The number of ether oxygens (including phenoxy) is 3. The van der Waals surface area contributed by atoms with Crippen LogP contribution in [0.5, 0.6) is 17.2 Å². The fourth-order valence-corrected chi connectivity index (χ4v) is 5.16. The molecule has 0 aliphatic carbocycles. The van der Waals surface area contributed by atoms with E-state index in [1.54, 1.807) is 32.8 Å². The zero-order valence-corrected chi connectivity index (χ0v) is 21.9. The molecular formula is C30H30N6O3. The van der Waals surface area contributed by atoms with Crippen LogP contribution in [0.2, 0.25) is 0 Å². The zero-order valence-electron chi connectivity index (χ0n) is 21.9. The third kappa shape index (κ3) is 4.89. The van der Waals surface area contributed by atoms with E-state index >= 15 is 0 Å². The number of aromatic nitrogens is 3. The molecule has 39 heavy (non-hydrogen) atoms. The van der Waals surface area contributed by atoms with Crippen molar-refractivity contribution >= 4 is 27.5 Å². The molecule has 3 aromatic heterocycles. The Balaban J connectivity index is 1.22. The Kier molecular flexibility index (Phi) is 6.60. The van der Waals surface area contributed by atoms with E-state index < -0.39 is 0 Å². The van der Waals surface area contributed by atoms with E-state index in [2.05, 4.69) is 44.1 Å². The maximum absolute atomic E-state index is 6.42. The van der Waals surface area contributed by atoms with Gasteiger partial charge in [0.25, 0.3) is 0 Å². The molecule has 0 unspecified atom stereocenters. The SMILES string of the molecule is COc1cc2ncc3c(N)nc(-c4cncc(OC[C@H](N)CN5Cc6ccccc6C5)c4)cc3c2cc1OC. The molecule has 6 rings (SSSR count). The molecule has 4 N–H and O–H groups in total. The summed E-state index contributed by atoms with van der Waals surface area (Å²) in [7, 11) is 3.21. The lowest BCUT2D eigenvalue weighted by Gasteiger charge is -2.20. The number of nitrogens with zero attached hydrogens (tertiary/aromatic N) is 4. The molecule has 5 aromatic rings. The molecule has 0 radical (unpaired) electrons. The number of fused-ring (bicyclic) bond motifs is 4. The van der Waals surface area contributed by atoms with Crippen LogP contribution in [0.25, 0.3) is 32.9 Å². The van der Waals surface area contributed by atoms with Gasteiger partial charge >= 0.3 is 0 Å². The first kappa shape index (κ1) is 24.8. The van der Waals surface area contributed by atoms with Crippen LogP contribution in [-0.4, -0.2) is 53.3 Å². The minimum absolute atomic E-state index is 0.136. The molecule has 0 fully saturated rings. The van der Waals surface area contributed by atoms with E-state index in [-0.39, 0.29) is 6.04 Å². The highest BCUT2D eigenvalue weighted by molar-refractivity contribution is 6.10. The molecule has 1 aliphatic rings. The van der Waals surface area contributed by atoms with Crippen molar-refractivity contribution in [3.05, 3.63) is 78.2 Å². The Bertz CT molecular complexity index is 1650. The minimum atomic E-state index is -0.136. The summed E-state index contributed by atoms with van der Waals surface area (Å²) in [5, 5.41) is 2.55. The van der Waals surface area contributed by atoms with Crippen molar-refractivity contribution in [1.29, 1.82) is 0 Å². The van der Waals surface area contributed by atoms with E-state index in [0.717, 1.165) is 46.9 Å². The quantitative estimate of drug-likeness (QED) is 0.289. The summed E-state index contributed by atoms with van der Waals surface area (Å²) in [5.74, 6) is 2.23. The lowest BCUT2D eigenvalue weighted by Crippen LogP contribution is -2.39. The highest BCUT2D eigenvalue weighted by Crippen LogP contribution is 2.37. The van der Waals surface area contributed by atoms with Gasteiger partial charge in [-0.2, -0.15) is 0 Å². The molecular weight excluding hydrogens is 492 g/mol. The van der Waals surface area contributed by atoms with Gasteiger partial charge in [-0.3, -0.25) is 14.9 Å². The van der Waals surface area contributed by atoms with Crippen molar-refractivity contribution in [3.63, 3.8) is 0 Å². The van der Waals surface area contributed by atoms with Gasteiger partial charge in [0.05, 0.1) is 37.7 Å². The molecule has 4 heterocycles. The lowest BCUT2D eigenvalue weighted by atomic mass is 10.0. The van der Waals surface area contributed by atoms with Crippen molar-refractivity contribution in [3.8, 4) is 28.5 Å². The van der Waals surface area contributed by atoms with Gasteiger partial charge in [0, 0.05) is 54.4 Å². The van der Waals surface area contributed by atoms with E-state index in [9.17, 15) is 0 Å². The van der Waals surface area contributed by atoms with Crippen LogP contribution in [0.15, 0.2) is 67.1 Å². The van der Waals surface area contributed by atoms with Crippen LogP contribution < -0.4 is 25.7 Å². The molecule has 0 saturated heterocycles. The molecule has 9 nitrogen and oxygen atoms in total. The number of benzene rings is 2. The Labute approximate surface area is 226 Å². The van der Waals surface area contributed by atoms with Gasteiger partial charge in [-0.15, -0.1) is 0 Å². The topological polar surface area (TPSA) is 122 Å². The summed E-state index contributed by atoms with van der Waals surface area (Å²) in [5.41, 5.74) is 17.8. The number of rotatable bonds is 8. The van der Waals surface area contributed by atoms with Crippen molar-refractivity contribution in [2.75, 3.05) is 33.1 Å². The molecule has 0 saturated carbocycles. The summed E-state index contributed by atoms with van der Waals surface area (Å²) >= 11 is 0. The van der Waals surface area contributed by atoms with E-state index in [4.69, 9.17) is 25.7 Å². The average molecular weight is 523 g/mol. The molecule has 9 heteroatoms. The number of nitrogens with two attached hydrogens (primary N) is 2. The Morgan fingerprint density at radius 2 is 1.64 bits per heavy atom. The van der Waals surface area contributed by atoms with Gasteiger partial charge in [0.2, 0.25) is 0 Å². The van der Waals surface area contributed by atoms with Gasteiger partial charge in [0.1, 0.15) is 18.2 Å². The molecule has 0 spiro atoms. The summed E-state index contributed by atoms with van der Waals surface area (Å²) in [6.45, 7) is 2.96. The third-order valence-electron chi connectivity index (χ3n) is 7.08. The smallest absolute Gasteiger partial charge is 0.162 e. The second-order valence-corrected chi connectivity index (χ2v) is 9.76. The van der Waals surface area contributed by atoms with E-state index in [0.29, 0.717) is 35.4 Å². The van der Waals surface area contributed by atoms with Crippen LogP contribution in [0, 0.1) is 0 Å². The van der Waals surface area contributed by atoms with Gasteiger partial charge < -0.3 is 25.7 Å². The fraction of sp³-hybridized carbons (Fsp3) is 0.233. The first-order valence-corrected chi connectivity index (χ1v) is 12.8. The lowest BCUT2D eigenvalue weighted by molar-refractivity contribution is 0.214. The molecule has 0 amide bonds. The number of hydrogen-bond acceptors (Lipinski definition) is 9. The molecule has 198 valence electrons. The molecule has 2 aromatic carbocycles.